The number of methoxy groups -OCH3 is 1. The third kappa shape index (κ3) is 4.02. The molecule has 4 rings (SSSR count). The molecule has 1 aromatic heterocycles. The molecule has 1 atom stereocenters. The lowest BCUT2D eigenvalue weighted by Gasteiger charge is -2.35. The van der Waals surface area contributed by atoms with Crippen LogP contribution in [-0.4, -0.2) is 29.9 Å². The molecule has 3 aromatic rings. The zero-order valence-electron chi connectivity index (χ0n) is 18.4. The molecular formula is C25H25N5OS. The Morgan fingerprint density at radius 1 is 1.12 bits per heavy atom. The van der Waals surface area contributed by atoms with Gasteiger partial charge in [-0.1, -0.05) is 71.9 Å². The number of ether oxygens (including phenoxy) is 1. The summed E-state index contributed by atoms with van der Waals surface area (Å²) in [6.45, 7) is 2.62. The number of hydrogen-bond acceptors (Lipinski definition) is 7. The number of fused-ring (bicyclic) bond motifs is 1. The number of anilines is 1. The molecule has 0 fully saturated rings. The molecule has 2 heterocycles. The van der Waals surface area contributed by atoms with Crippen LogP contribution in [0.3, 0.4) is 0 Å². The number of nitriles is 1. The SMILES string of the molecule is COc1nc(SC)nc2c1C(c1ccc(C)cc1)C(C#N)=C(N)N2CCc1ccccc1. The van der Waals surface area contributed by atoms with E-state index in [0.717, 1.165) is 23.1 Å². The molecular weight excluding hydrogens is 418 g/mol. The first-order chi connectivity index (χ1) is 15.6. The largest absolute Gasteiger partial charge is 0.481 e. The summed E-state index contributed by atoms with van der Waals surface area (Å²) in [4.78, 5) is 11.3. The zero-order valence-corrected chi connectivity index (χ0v) is 19.2. The van der Waals surface area contributed by atoms with Gasteiger partial charge in [-0.05, 0) is 30.7 Å². The summed E-state index contributed by atoms with van der Waals surface area (Å²) in [5.41, 5.74) is 11.2. The predicted octanol–water partition coefficient (Wildman–Crippen LogP) is 4.40. The molecule has 0 aliphatic carbocycles. The standard InChI is InChI=1S/C25H25N5OS/c1-16-9-11-18(12-10-16)20-19(15-26)22(27)30(14-13-17-7-5-4-6-8-17)23-21(20)24(31-2)29-25(28-23)32-3/h4-12,20H,13-14,27H2,1-3H3. The second kappa shape index (κ2) is 9.33. The summed E-state index contributed by atoms with van der Waals surface area (Å²) in [5, 5.41) is 10.7. The van der Waals surface area contributed by atoms with Crippen molar-refractivity contribution in [3.05, 3.63) is 88.2 Å². The summed E-state index contributed by atoms with van der Waals surface area (Å²) < 4.78 is 5.71. The highest BCUT2D eigenvalue weighted by Gasteiger charge is 2.37. The number of allylic oxidation sites excluding steroid dienone is 1. The Balaban J connectivity index is 1.89. The summed E-state index contributed by atoms with van der Waals surface area (Å²) >= 11 is 1.44. The number of aromatic nitrogens is 2. The second-order valence-electron chi connectivity index (χ2n) is 7.60. The first-order valence-electron chi connectivity index (χ1n) is 10.3. The van der Waals surface area contributed by atoms with Crippen molar-refractivity contribution in [2.45, 2.75) is 24.4 Å². The van der Waals surface area contributed by atoms with Gasteiger partial charge in [-0.3, -0.25) is 0 Å². The van der Waals surface area contributed by atoms with Crippen LogP contribution in [0.2, 0.25) is 0 Å². The van der Waals surface area contributed by atoms with Crippen molar-refractivity contribution < 1.29 is 4.74 Å². The van der Waals surface area contributed by atoms with Crippen LogP contribution in [0.4, 0.5) is 5.82 Å². The maximum atomic E-state index is 10.1. The van der Waals surface area contributed by atoms with E-state index in [4.69, 9.17) is 15.5 Å². The first kappa shape index (κ1) is 21.7. The fraction of sp³-hybridized carbons (Fsp3) is 0.240. The lowest BCUT2D eigenvalue weighted by Crippen LogP contribution is -2.37. The lowest BCUT2D eigenvalue weighted by atomic mass is 9.83. The van der Waals surface area contributed by atoms with Gasteiger partial charge in [0.05, 0.1) is 30.2 Å². The normalized spacial score (nSPS) is 15.3. The third-order valence-corrected chi connectivity index (χ3v) is 6.19. The maximum absolute atomic E-state index is 10.1. The average molecular weight is 444 g/mol. The summed E-state index contributed by atoms with van der Waals surface area (Å²) in [6.07, 6.45) is 2.69. The predicted molar refractivity (Wildman–Crippen MR) is 128 cm³/mol. The van der Waals surface area contributed by atoms with E-state index in [9.17, 15) is 5.26 Å². The number of nitrogens with zero attached hydrogens (tertiary/aromatic N) is 4. The van der Waals surface area contributed by atoms with E-state index in [0.29, 0.717) is 34.8 Å². The highest BCUT2D eigenvalue weighted by atomic mass is 32.2. The van der Waals surface area contributed by atoms with Gasteiger partial charge in [0.15, 0.2) is 5.16 Å². The Hall–Kier alpha value is -3.50. The Bertz CT molecular complexity index is 1190. The van der Waals surface area contributed by atoms with E-state index in [1.54, 1.807) is 7.11 Å². The lowest BCUT2D eigenvalue weighted by molar-refractivity contribution is 0.385. The van der Waals surface area contributed by atoms with Gasteiger partial charge in [0.25, 0.3) is 0 Å². The van der Waals surface area contributed by atoms with Gasteiger partial charge in [-0.15, -0.1) is 0 Å². The molecule has 6 nitrogen and oxygen atoms in total. The Morgan fingerprint density at radius 3 is 2.47 bits per heavy atom. The zero-order chi connectivity index (χ0) is 22.7. The highest BCUT2D eigenvalue weighted by Crippen LogP contribution is 2.46. The van der Waals surface area contributed by atoms with E-state index in [-0.39, 0.29) is 0 Å². The van der Waals surface area contributed by atoms with Crippen molar-refractivity contribution in [1.82, 2.24) is 9.97 Å². The third-order valence-electron chi connectivity index (χ3n) is 5.64. The first-order valence-corrected chi connectivity index (χ1v) is 11.6. The van der Waals surface area contributed by atoms with Crippen molar-refractivity contribution >= 4 is 17.6 Å². The Morgan fingerprint density at radius 2 is 1.84 bits per heavy atom. The highest BCUT2D eigenvalue weighted by molar-refractivity contribution is 7.98. The van der Waals surface area contributed by atoms with Crippen LogP contribution in [0, 0.1) is 18.3 Å². The minimum Gasteiger partial charge on any atom is -0.481 e. The second-order valence-corrected chi connectivity index (χ2v) is 8.37. The Labute approximate surface area is 192 Å². The van der Waals surface area contributed by atoms with Crippen LogP contribution in [0.5, 0.6) is 5.88 Å². The van der Waals surface area contributed by atoms with Crippen LogP contribution < -0.4 is 15.4 Å². The van der Waals surface area contributed by atoms with Crippen LogP contribution >= 0.6 is 11.8 Å². The summed E-state index contributed by atoms with van der Waals surface area (Å²) in [5.74, 6) is 1.19. The van der Waals surface area contributed by atoms with Crippen LogP contribution in [-0.2, 0) is 6.42 Å². The quantitative estimate of drug-likeness (QED) is 0.446. The van der Waals surface area contributed by atoms with Crippen LogP contribution in [0.15, 0.2) is 71.1 Å². The van der Waals surface area contributed by atoms with Gasteiger partial charge in [0.1, 0.15) is 11.6 Å². The molecule has 0 spiro atoms. The molecule has 1 aliphatic rings. The van der Waals surface area contributed by atoms with Crippen molar-refractivity contribution in [3.63, 3.8) is 0 Å². The molecule has 0 amide bonds. The van der Waals surface area contributed by atoms with E-state index in [1.165, 1.54) is 17.3 Å². The minimum absolute atomic E-state index is 0.394. The molecule has 2 N–H and O–H groups in total. The van der Waals surface area contributed by atoms with Crippen molar-refractivity contribution in [2.75, 3.05) is 24.8 Å². The molecule has 2 aromatic carbocycles. The van der Waals surface area contributed by atoms with Gasteiger partial charge in [-0.25, -0.2) is 4.98 Å². The minimum atomic E-state index is -0.394. The molecule has 32 heavy (non-hydrogen) atoms. The fourth-order valence-corrected chi connectivity index (χ4v) is 4.35. The van der Waals surface area contributed by atoms with Gasteiger partial charge in [0, 0.05) is 6.54 Å². The van der Waals surface area contributed by atoms with Crippen LogP contribution in [0.25, 0.3) is 0 Å². The fourth-order valence-electron chi connectivity index (χ4n) is 4.00. The molecule has 1 unspecified atom stereocenters. The molecule has 7 heteroatoms. The number of thioether (sulfide) groups is 1. The van der Waals surface area contributed by atoms with E-state index in [1.807, 2.05) is 60.5 Å². The number of nitrogens with two attached hydrogens (primary N) is 1. The molecule has 1 aliphatic heterocycles. The van der Waals surface area contributed by atoms with Gasteiger partial charge in [0.2, 0.25) is 5.88 Å². The van der Waals surface area contributed by atoms with Gasteiger partial charge >= 0.3 is 0 Å². The van der Waals surface area contributed by atoms with E-state index >= 15 is 0 Å². The molecule has 162 valence electrons. The number of aryl methyl sites for hydroxylation is 1. The van der Waals surface area contributed by atoms with E-state index in [2.05, 4.69) is 23.2 Å². The number of hydrogen-bond donors (Lipinski definition) is 1. The topological polar surface area (TPSA) is 88.1 Å². The maximum Gasteiger partial charge on any atom is 0.223 e. The number of benzene rings is 2. The molecule has 0 saturated carbocycles. The van der Waals surface area contributed by atoms with Gasteiger partial charge in [-0.2, -0.15) is 10.2 Å². The molecule has 0 radical (unpaired) electrons. The molecule has 0 saturated heterocycles. The van der Waals surface area contributed by atoms with Crippen molar-refractivity contribution in [3.8, 4) is 11.9 Å². The summed E-state index contributed by atoms with van der Waals surface area (Å²) in [7, 11) is 1.60. The monoisotopic (exact) mass is 443 g/mol. The number of rotatable bonds is 6. The average Bonchev–Trinajstić information content (AvgIpc) is 2.83. The smallest absolute Gasteiger partial charge is 0.223 e. The Kier molecular flexibility index (Phi) is 6.33. The summed E-state index contributed by atoms with van der Waals surface area (Å²) in [6, 6.07) is 20.7. The van der Waals surface area contributed by atoms with Crippen molar-refractivity contribution in [2.24, 2.45) is 5.73 Å². The van der Waals surface area contributed by atoms with Crippen LogP contribution in [0.1, 0.15) is 28.2 Å². The van der Waals surface area contributed by atoms with Gasteiger partial charge < -0.3 is 15.4 Å². The molecule has 0 bridgehead atoms. The van der Waals surface area contributed by atoms with E-state index < -0.39 is 5.92 Å². The van der Waals surface area contributed by atoms with Crippen molar-refractivity contribution in [1.29, 1.82) is 5.26 Å².